The molecule has 6 nitrogen and oxygen atoms in total. The summed E-state index contributed by atoms with van der Waals surface area (Å²) in [6.07, 6.45) is -0.443. The lowest BCUT2D eigenvalue weighted by Crippen LogP contribution is -2.32. The molecule has 1 aliphatic heterocycles. The topological polar surface area (TPSA) is 75.7 Å². The fourth-order valence-electron chi connectivity index (χ4n) is 2.92. The van der Waals surface area contributed by atoms with E-state index in [1.165, 1.54) is 16.4 Å². The number of hydrogen-bond donors (Lipinski definition) is 1. The normalized spacial score (nSPS) is 16.4. The number of halogens is 3. The van der Waals surface area contributed by atoms with Crippen LogP contribution < -0.4 is 10.1 Å². The molecule has 2 rings (SSSR count). The van der Waals surface area contributed by atoms with Crippen molar-refractivity contribution in [1.29, 1.82) is 0 Å². The van der Waals surface area contributed by atoms with Gasteiger partial charge in [0.15, 0.2) is 6.61 Å². The first-order valence-electron chi connectivity index (χ1n) is 9.27. The highest BCUT2D eigenvalue weighted by atomic mass is 32.2. The lowest BCUT2D eigenvalue weighted by molar-refractivity contribution is -0.153. The molecular formula is C18H25F3N2O4S. The van der Waals surface area contributed by atoms with Crippen LogP contribution in [0, 0.1) is 0 Å². The number of sulfonamides is 1. The molecule has 1 N–H and O–H groups in total. The molecule has 1 aliphatic rings. The molecule has 0 saturated carbocycles. The maximum atomic E-state index is 12.9. The summed E-state index contributed by atoms with van der Waals surface area (Å²) >= 11 is 0. The van der Waals surface area contributed by atoms with E-state index in [-0.39, 0.29) is 22.8 Å². The van der Waals surface area contributed by atoms with Gasteiger partial charge in [-0.05, 0) is 37.5 Å². The summed E-state index contributed by atoms with van der Waals surface area (Å²) in [5, 5.41) is 2.46. The number of ether oxygens (including phenoxy) is 1. The number of nitrogens with zero attached hydrogens (tertiary/aromatic N) is 1. The van der Waals surface area contributed by atoms with Crippen LogP contribution in [-0.2, 0) is 14.8 Å². The van der Waals surface area contributed by atoms with Gasteiger partial charge in [-0.3, -0.25) is 4.79 Å². The number of hydrogen-bond acceptors (Lipinski definition) is 4. The first-order valence-corrected chi connectivity index (χ1v) is 10.7. The lowest BCUT2D eigenvalue weighted by atomic mass is 10.2. The van der Waals surface area contributed by atoms with Crippen molar-refractivity contribution in [2.45, 2.75) is 56.5 Å². The summed E-state index contributed by atoms with van der Waals surface area (Å²) in [5.74, 6) is -0.653. The second kappa shape index (κ2) is 9.60. The summed E-state index contributed by atoms with van der Waals surface area (Å²) < 4.78 is 69.5. The number of alkyl halides is 3. The Morgan fingerprint density at radius 1 is 1.18 bits per heavy atom. The molecule has 1 saturated heterocycles. The van der Waals surface area contributed by atoms with Crippen LogP contribution in [0.15, 0.2) is 23.1 Å². The second-order valence-corrected chi connectivity index (χ2v) is 8.62. The molecule has 1 heterocycles. The molecule has 10 heteroatoms. The first-order chi connectivity index (χ1) is 13.1. The number of benzene rings is 1. The van der Waals surface area contributed by atoms with Crippen molar-refractivity contribution in [1.82, 2.24) is 4.31 Å². The summed E-state index contributed by atoms with van der Waals surface area (Å²) in [5.41, 5.74) is -0.0846. The Morgan fingerprint density at radius 3 is 2.39 bits per heavy atom. The Balaban J connectivity index is 2.33. The quantitative estimate of drug-likeness (QED) is 0.722. The Hall–Kier alpha value is -1.81. The maximum Gasteiger partial charge on any atom is 0.422 e. The zero-order valence-electron chi connectivity index (χ0n) is 15.7. The minimum absolute atomic E-state index is 0.0828. The third-order valence-electron chi connectivity index (χ3n) is 4.30. The van der Waals surface area contributed by atoms with Crippen molar-refractivity contribution >= 4 is 21.6 Å². The molecule has 0 atom stereocenters. The van der Waals surface area contributed by atoms with E-state index in [0.29, 0.717) is 19.5 Å². The van der Waals surface area contributed by atoms with Crippen molar-refractivity contribution in [3.05, 3.63) is 18.2 Å². The van der Waals surface area contributed by atoms with E-state index in [0.717, 1.165) is 31.7 Å². The van der Waals surface area contributed by atoms with E-state index in [1.54, 1.807) is 6.92 Å². The van der Waals surface area contributed by atoms with Crippen molar-refractivity contribution < 1.29 is 31.1 Å². The van der Waals surface area contributed by atoms with Gasteiger partial charge in [0.05, 0.1) is 10.6 Å². The fraction of sp³-hybridized carbons (Fsp3) is 0.611. The van der Waals surface area contributed by atoms with E-state index < -0.39 is 28.7 Å². The zero-order chi connectivity index (χ0) is 20.8. The molecule has 0 radical (unpaired) electrons. The Kier molecular flexibility index (Phi) is 7.70. The number of rotatable bonds is 7. The highest BCUT2D eigenvalue weighted by Gasteiger charge is 2.30. The summed E-state index contributed by atoms with van der Waals surface area (Å²) in [7, 11) is -3.81. The van der Waals surface area contributed by atoms with Gasteiger partial charge in [0.1, 0.15) is 5.75 Å². The summed E-state index contributed by atoms with van der Waals surface area (Å²) in [6.45, 7) is 1.03. The second-order valence-electron chi connectivity index (χ2n) is 6.68. The Bertz CT molecular complexity index is 774. The monoisotopic (exact) mass is 422 g/mol. The van der Waals surface area contributed by atoms with E-state index in [1.807, 2.05) is 0 Å². The molecule has 0 spiro atoms. The van der Waals surface area contributed by atoms with Crippen LogP contribution in [-0.4, -0.2) is 44.5 Å². The van der Waals surface area contributed by atoms with Crippen molar-refractivity contribution in [2.24, 2.45) is 0 Å². The molecule has 158 valence electrons. The molecule has 28 heavy (non-hydrogen) atoms. The minimum Gasteiger partial charge on any atom is -0.482 e. The molecule has 0 aromatic heterocycles. The molecule has 0 aliphatic carbocycles. The molecule has 1 aromatic carbocycles. The van der Waals surface area contributed by atoms with E-state index in [9.17, 15) is 26.4 Å². The van der Waals surface area contributed by atoms with Crippen LogP contribution in [0.3, 0.4) is 0 Å². The largest absolute Gasteiger partial charge is 0.482 e. The highest BCUT2D eigenvalue weighted by molar-refractivity contribution is 7.89. The standard InChI is InChI=1S/C18H25F3N2O4S/c1-2-7-17(24)22-15-12-14(8-9-16(15)27-13-18(19,20)21)28(25,26)23-10-5-3-4-6-11-23/h8-9,12H,2-7,10-11,13H2,1H3,(H,22,24). The molecule has 1 aromatic rings. The Labute approximate surface area is 163 Å². The predicted molar refractivity (Wildman–Crippen MR) is 98.8 cm³/mol. The van der Waals surface area contributed by atoms with E-state index in [4.69, 9.17) is 4.74 Å². The van der Waals surface area contributed by atoms with Crippen LogP contribution in [0.5, 0.6) is 5.75 Å². The number of nitrogens with one attached hydrogen (secondary N) is 1. The average Bonchev–Trinajstić information content (AvgIpc) is 2.90. The van der Waals surface area contributed by atoms with Gasteiger partial charge in [0, 0.05) is 19.5 Å². The predicted octanol–water partition coefficient (Wildman–Crippen LogP) is 3.93. The van der Waals surface area contributed by atoms with Crippen molar-refractivity contribution in [3.8, 4) is 5.75 Å². The third-order valence-corrected chi connectivity index (χ3v) is 6.19. The van der Waals surface area contributed by atoms with Gasteiger partial charge in [0.25, 0.3) is 0 Å². The van der Waals surface area contributed by atoms with Crippen LogP contribution in [0.25, 0.3) is 0 Å². The maximum absolute atomic E-state index is 12.9. The number of carbonyl (C=O) groups excluding carboxylic acids is 1. The fourth-order valence-corrected chi connectivity index (χ4v) is 4.47. The van der Waals surface area contributed by atoms with Gasteiger partial charge in [-0.2, -0.15) is 17.5 Å². The van der Waals surface area contributed by atoms with Gasteiger partial charge in [-0.25, -0.2) is 8.42 Å². The molecule has 0 bridgehead atoms. The van der Waals surface area contributed by atoms with Gasteiger partial charge < -0.3 is 10.1 Å². The molecular weight excluding hydrogens is 397 g/mol. The van der Waals surface area contributed by atoms with Crippen LogP contribution in [0.4, 0.5) is 18.9 Å². The third kappa shape index (κ3) is 6.37. The smallest absolute Gasteiger partial charge is 0.422 e. The van der Waals surface area contributed by atoms with Crippen LogP contribution in [0.2, 0.25) is 0 Å². The first kappa shape index (κ1) is 22.5. The lowest BCUT2D eigenvalue weighted by Gasteiger charge is -2.21. The van der Waals surface area contributed by atoms with E-state index >= 15 is 0 Å². The number of carbonyl (C=O) groups is 1. The number of amides is 1. The average molecular weight is 422 g/mol. The molecule has 0 unspecified atom stereocenters. The van der Waals surface area contributed by atoms with Gasteiger partial charge >= 0.3 is 6.18 Å². The van der Waals surface area contributed by atoms with E-state index in [2.05, 4.69) is 5.32 Å². The Morgan fingerprint density at radius 2 is 1.82 bits per heavy atom. The van der Waals surface area contributed by atoms with Crippen LogP contribution in [0.1, 0.15) is 45.4 Å². The van der Waals surface area contributed by atoms with Crippen molar-refractivity contribution in [3.63, 3.8) is 0 Å². The number of anilines is 1. The molecule has 1 amide bonds. The van der Waals surface area contributed by atoms with Crippen LogP contribution >= 0.6 is 0 Å². The van der Waals surface area contributed by atoms with Gasteiger partial charge in [-0.15, -0.1) is 0 Å². The molecule has 1 fully saturated rings. The zero-order valence-corrected chi connectivity index (χ0v) is 16.5. The summed E-state index contributed by atoms with van der Waals surface area (Å²) in [6, 6.07) is 3.53. The van der Waals surface area contributed by atoms with Gasteiger partial charge in [0.2, 0.25) is 15.9 Å². The highest BCUT2D eigenvalue weighted by Crippen LogP contribution is 2.31. The SMILES string of the molecule is CCCC(=O)Nc1cc(S(=O)(=O)N2CCCCCC2)ccc1OCC(F)(F)F. The summed E-state index contributed by atoms with van der Waals surface area (Å²) in [4.78, 5) is 11.8. The minimum atomic E-state index is -4.55. The van der Waals surface area contributed by atoms with Crippen molar-refractivity contribution in [2.75, 3.05) is 25.0 Å². The van der Waals surface area contributed by atoms with Gasteiger partial charge in [-0.1, -0.05) is 19.8 Å².